The molecule has 106 valence electrons. The molecule has 7 heteroatoms. The maximum Gasteiger partial charge on any atom is 0.234 e. The first kappa shape index (κ1) is 13.7. The van der Waals surface area contributed by atoms with Crippen LogP contribution in [-0.2, 0) is 6.54 Å². The molecule has 2 aromatic heterocycles. The molecule has 0 atom stereocenters. The second kappa shape index (κ2) is 5.61. The van der Waals surface area contributed by atoms with Crippen molar-refractivity contribution in [3.63, 3.8) is 0 Å². The molecular formula is C14H12BrN5O. The SMILES string of the molecule is CCn1ncc(Br)c1C(=O)c1cnn(-c2ccccc2)n1. The van der Waals surface area contributed by atoms with Crippen molar-refractivity contribution < 1.29 is 4.79 Å². The number of para-hydroxylation sites is 1. The highest BCUT2D eigenvalue weighted by Gasteiger charge is 2.21. The van der Waals surface area contributed by atoms with Gasteiger partial charge in [-0.3, -0.25) is 9.48 Å². The van der Waals surface area contributed by atoms with Crippen LogP contribution in [0.4, 0.5) is 0 Å². The number of aromatic nitrogens is 5. The Labute approximate surface area is 129 Å². The van der Waals surface area contributed by atoms with E-state index in [4.69, 9.17) is 0 Å². The van der Waals surface area contributed by atoms with Crippen LogP contribution in [0.2, 0.25) is 0 Å². The second-order valence-corrected chi connectivity index (χ2v) is 5.20. The number of rotatable bonds is 4. The van der Waals surface area contributed by atoms with Gasteiger partial charge in [0, 0.05) is 6.54 Å². The van der Waals surface area contributed by atoms with Crippen LogP contribution in [-0.4, -0.2) is 30.6 Å². The predicted octanol–water partition coefficient (Wildman–Crippen LogP) is 2.48. The Morgan fingerprint density at radius 1 is 1.19 bits per heavy atom. The summed E-state index contributed by atoms with van der Waals surface area (Å²) in [5, 5.41) is 12.5. The first-order chi connectivity index (χ1) is 10.2. The van der Waals surface area contributed by atoms with Gasteiger partial charge in [-0.15, -0.1) is 5.10 Å². The van der Waals surface area contributed by atoms with E-state index < -0.39 is 0 Å². The van der Waals surface area contributed by atoms with Gasteiger partial charge in [0.15, 0.2) is 5.69 Å². The third kappa shape index (κ3) is 2.52. The van der Waals surface area contributed by atoms with Crippen LogP contribution in [0.5, 0.6) is 0 Å². The smallest absolute Gasteiger partial charge is 0.234 e. The minimum Gasteiger partial charge on any atom is -0.285 e. The largest absolute Gasteiger partial charge is 0.285 e. The number of halogens is 1. The van der Waals surface area contributed by atoms with Gasteiger partial charge in [-0.2, -0.15) is 15.0 Å². The lowest BCUT2D eigenvalue weighted by Crippen LogP contribution is -2.12. The fraction of sp³-hybridized carbons (Fsp3) is 0.143. The number of hydrogen-bond acceptors (Lipinski definition) is 4. The zero-order chi connectivity index (χ0) is 14.8. The standard InChI is InChI=1S/C14H12BrN5O/c1-2-19-13(11(15)8-16-19)14(21)12-9-17-20(18-12)10-6-4-3-5-7-10/h3-9H,2H2,1H3. The first-order valence-electron chi connectivity index (χ1n) is 6.44. The highest BCUT2D eigenvalue weighted by Crippen LogP contribution is 2.19. The molecule has 2 heterocycles. The number of aryl methyl sites for hydroxylation is 1. The zero-order valence-electron chi connectivity index (χ0n) is 11.3. The topological polar surface area (TPSA) is 65.6 Å². The Morgan fingerprint density at radius 3 is 2.67 bits per heavy atom. The summed E-state index contributed by atoms with van der Waals surface area (Å²) in [6.07, 6.45) is 3.08. The Hall–Kier alpha value is -2.28. The van der Waals surface area contributed by atoms with Gasteiger partial charge >= 0.3 is 0 Å². The van der Waals surface area contributed by atoms with Crippen molar-refractivity contribution in [2.45, 2.75) is 13.5 Å². The van der Waals surface area contributed by atoms with E-state index in [0.717, 1.165) is 5.69 Å². The molecule has 6 nitrogen and oxygen atoms in total. The van der Waals surface area contributed by atoms with Gasteiger partial charge in [0.1, 0.15) is 5.69 Å². The highest BCUT2D eigenvalue weighted by molar-refractivity contribution is 9.10. The molecule has 21 heavy (non-hydrogen) atoms. The number of nitrogens with zero attached hydrogens (tertiary/aromatic N) is 5. The number of ketones is 1. The summed E-state index contributed by atoms with van der Waals surface area (Å²) in [6, 6.07) is 9.45. The molecule has 0 saturated carbocycles. The van der Waals surface area contributed by atoms with Gasteiger partial charge in [0.05, 0.1) is 22.6 Å². The summed E-state index contributed by atoms with van der Waals surface area (Å²) in [7, 11) is 0. The molecule has 0 aliphatic rings. The van der Waals surface area contributed by atoms with Crippen LogP contribution in [0.25, 0.3) is 5.69 Å². The Balaban J connectivity index is 1.97. The Morgan fingerprint density at radius 2 is 1.95 bits per heavy atom. The summed E-state index contributed by atoms with van der Waals surface area (Å²) < 4.78 is 2.29. The summed E-state index contributed by atoms with van der Waals surface area (Å²) in [5.41, 5.74) is 1.58. The minimum absolute atomic E-state index is 0.205. The molecule has 0 radical (unpaired) electrons. The van der Waals surface area contributed by atoms with Gasteiger partial charge < -0.3 is 0 Å². The van der Waals surface area contributed by atoms with Crippen molar-refractivity contribution in [2.75, 3.05) is 0 Å². The summed E-state index contributed by atoms with van der Waals surface area (Å²) in [4.78, 5) is 14.0. The quantitative estimate of drug-likeness (QED) is 0.681. The molecule has 0 N–H and O–H groups in total. The van der Waals surface area contributed by atoms with Crippen LogP contribution in [0.3, 0.4) is 0 Å². The van der Waals surface area contributed by atoms with E-state index in [1.54, 1.807) is 10.9 Å². The normalized spacial score (nSPS) is 10.8. The number of carbonyl (C=O) groups excluding carboxylic acids is 1. The fourth-order valence-corrected chi connectivity index (χ4v) is 2.48. The molecule has 3 aromatic rings. The molecule has 0 saturated heterocycles. The third-order valence-corrected chi connectivity index (χ3v) is 3.60. The monoisotopic (exact) mass is 345 g/mol. The second-order valence-electron chi connectivity index (χ2n) is 4.34. The molecular weight excluding hydrogens is 334 g/mol. The Kier molecular flexibility index (Phi) is 3.66. The van der Waals surface area contributed by atoms with Crippen molar-refractivity contribution in [1.82, 2.24) is 24.8 Å². The van der Waals surface area contributed by atoms with Crippen LogP contribution in [0.1, 0.15) is 23.1 Å². The van der Waals surface area contributed by atoms with Gasteiger partial charge in [-0.05, 0) is 35.0 Å². The number of benzene rings is 1. The van der Waals surface area contributed by atoms with Gasteiger partial charge in [-0.1, -0.05) is 18.2 Å². The maximum atomic E-state index is 12.5. The molecule has 0 aliphatic heterocycles. The number of carbonyl (C=O) groups is 1. The molecule has 0 bridgehead atoms. The predicted molar refractivity (Wildman–Crippen MR) is 80.4 cm³/mol. The van der Waals surface area contributed by atoms with E-state index in [9.17, 15) is 4.79 Å². The molecule has 0 aliphatic carbocycles. The molecule has 3 rings (SSSR count). The lowest BCUT2D eigenvalue weighted by molar-refractivity contribution is 0.102. The average molecular weight is 346 g/mol. The van der Waals surface area contributed by atoms with Crippen LogP contribution < -0.4 is 0 Å². The third-order valence-electron chi connectivity index (χ3n) is 3.02. The summed E-state index contributed by atoms with van der Waals surface area (Å²) >= 11 is 3.35. The zero-order valence-corrected chi connectivity index (χ0v) is 12.9. The lowest BCUT2D eigenvalue weighted by Gasteiger charge is -2.02. The van der Waals surface area contributed by atoms with E-state index in [2.05, 4.69) is 31.2 Å². The van der Waals surface area contributed by atoms with Crippen LogP contribution in [0.15, 0.2) is 47.2 Å². The first-order valence-corrected chi connectivity index (χ1v) is 7.23. The van der Waals surface area contributed by atoms with E-state index in [1.807, 2.05) is 37.3 Å². The van der Waals surface area contributed by atoms with Crippen LogP contribution >= 0.6 is 15.9 Å². The van der Waals surface area contributed by atoms with E-state index in [1.165, 1.54) is 11.0 Å². The molecule has 1 aromatic carbocycles. The highest BCUT2D eigenvalue weighted by atomic mass is 79.9. The molecule has 0 fully saturated rings. The van der Waals surface area contributed by atoms with Gasteiger partial charge in [-0.25, -0.2) is 0 Å². The number of hydrogen-bond donors (Lipinski definition) is 0. The molecule has 0 amide bonds. The van der Waals surface area contributed by atoms with Crippen molar-refractivity contribution >= 4 is 21.7 Å². The minimum atomic E-state index is -0.205. The van der Waals surface area contributed by atoms with E-state index in [-0.39, 0.29) is 11.5 Å². The summed E-state index contributed by atoms with van der Waals surface area (Å²) in [5.74, 6) is -0.205. The lowest BCUT2D eigenvalue weighted by atomic mass is 10.2. The molecule has 0 unspecified atom stereocenters. The van der Waals surface area contributed by atoms with Crippen molar-refractivity contribution in [3.8, 4) is 5.69 Å². The summed E-state index contributed by atoms with van der Waals surface area (Å²) in [6.45, 7) is 2.54. The maximum absolute atomic E-state index is 12.5. The van der Waals surface area contributed by atoms with E-state index in [0.29, 0.717) is 16.7 Å². The van der Waals surface area contributed by atoms with Crippen molar-refractivity contribution in [3.05, 3.63) is 58.6 Å². The fourth-order valence-electron chi connectivity index (χ4n) is 2.00. The van der Waals surface area contributed by atoms with Crippen LogP contribution in [0, 0.1) is 0 Å². The molecule has 0 spiro atoms. The van der Waals surface area contributed by atoms with Gasteiger partial charge in [0.25, 0.3) is 0 Å². The van der Waals surface area contributed by atoms with E-state index >= 15 is 0 Å². The van der Waals surface area contributed by atoms with Crippen molar-refractivity contribution in [2.24, 2.45) is 0 Å². The van der Waals surface area contributed by atoms with Gasteiger partial charge in [0.2, 0.25) is 5.78 Å². The average Bonchev–Trinajstić information content (AvgIpc) is 3.14. The van der Waals surface area contributed by atoms with Crippen molar-refractivity contribution in [1.29, 1.82) is 0 Å². The Bertz CT molecular complexity index is 778.